The van der Waals surface area contributed by atoms with E-state index in [2.05, 4.69) is 0 Å². The molecule has 0 unspecified atom stereocenters. The normalized spacial score (nSPS) is 9.86. The van der Waals surface area contributed by atoms with Gasteiger partial charge >= 0.3 is 0 Å². The number of non-ortho nitro benzene ring substituents is 1. The first-order valence-electron chi connectivity index (χ1n) is 4.09. The van der Waals surface area contributed by atoms with Crippen molar-refractivity contribution in [1.82, 2.24) is 0 Å². The molecule has 0 aliphatic carbocycles. The second kappa shape index (κ2) is 4.55. The minimum atomic E-state index is -0.609. The number of hydrogen-bond donors (Lipinski definition) is 0. The third-order valence-corrected chi connectivity index (χ3v) is 1.72. The zero-order valence-corrected chi connectivity index (χ0v) is 7.70. The van der Waals surface area contributed by atoms with Gasteiger partial charge < -0.3 is 4.74 Å². The van der Waals surface area contributed by atoms with E-state index in [1.807, 2.05) is 0 Å². The van der Waals surface area contributed by atoms with Crippen molar-refractivity contribution in [3.63, 3.8) is 0 Å². The lowest BCUT2D eigenvalue weighted by atomic mass is 10.2. The van der Waals surface area contributed by atoms with Gasteiger partial charge in [0, 0.05) is 6.07 Å². The van der Waals surface area contributed by atoms with E-state index in [-0.39, 0.29) is 12.3 Å². The van der Waals surface area contributed by atoms with Crippen molar-refractivity contribution < 1.29 is 14.1 Å². The van der Waals surface area contributed by atoms with Gasteiger partial charge in [0.1, 0.15) is 19.0 Å². The van der Waals surface area contributed by atoms with Gasteiger partial charge in [0.05, 0.1) is 11.0 Å². The Morgan fingerprint density at radius 1 is 1.57 bits per heavy atom. The first-order valence-corrected chi connectivity index (χ1v) is 4.09. The second-order valence-electron chi connectivity index (χ2n) is 2.74. The average molecular weight is 199 g/mol. The number of nitro groups is 1. The van der Waals surface area contributed by atoms with Crippen LogP contribution in [0, 0.1) is 17.0 Å². The Morgan fingerprint density at radius 2 is 2.29 bits per heavy atom. The SMILES string of the molecule is Cc1ccc([N+](=O)[O-])cc1OCCF. The first-order chi connectivity index (χ1) is 6.65. The first kappa shape index (κ1) is 10.4. The van der Waals surface area contributed by atoms with Gasteiger partial charge in [-0.3, -0.25) is 10.1 Å². The van der Waals surface area contributed by atoms with E-state index in [4.69, 9.17) is 4.74 Å². The molecule has 5 heteroatoms. The molecule has 4 nitrogen and oxygen atoms in total. The van der Waals surface area contributed by atoms with Crippen molar-refractivity contribution in [3.8, 4) is 5.75 Å². The summed E-state index contributed by atoms with van der Waals surface area (Å²) in [5.41, 5.74) is 0.702. The highest BCUT2D eigenvalue weighted by Crippen LogP contribution is 2.23. The van der Waals surface area contributed by atoms with Crippen LogP contribution in [0.15, 0.2) is 18.2 Å². The van der Waals surface area contributed by atoms with Gasteiger partial charge in [-0.05, 0) is 18.6 Å². The van der Waals surface area contributed by atoms with Crippen LogP contribution in [0.2, 0.25) is 0 Å². The Morgan fingerprint density at radius 3 is 2.86 bits per heavy atom. The van der Waals surface area contributed by atoms with Gasteiger partial charge in [-0.1, -0.05) is 0 Å². The van der Waals surface area contributed by atoms with Crippen LogP contribution in [0.25, 0.3) is 0 Å². The number of aryl methyl sites for hydroxylation is 1. The summed E-state index contributed by atoms with van der Waals surface area (Å²) in [6.07, 6.45) is 0. The number of ether oxygens (including phenoxy) is 1. The zero-order chi connectivity index (χ0) is 10.6. The molecule has 0 fully saturated rings. The van der Waals surface area contributed by atoms with Crippen molar-refractivity contribution in [1.29, 1.82) is 0 Å². The maximum Gasteiger partial charge on any atom is 0.273 e. The number of benzene rings is 1. The monoisotopic (exact) mass is 199 g/mol. The Labute approximate surface area is 80.5 Å². The molecule has 0 aliphatic rings. The Bertz CT molecular complexity index is 341. The van der Waals surface area contributed by atoms with Gasteiger partial charge in [0.25, 0.3) is 5.69 Å². The summed E-state index contributed by atoms with van der Waals surface area (Å²) in [5, 5.41) is 10.4. The van der Waals surface area contributed by atoms with Crippen molar-refractivity contribution in [2.24, 2.45) is 0 Å². The van der Waals surface area contributed by atoms with E-state index in [0.717, 1.165) is 5.56 Å². The van der Waals surface area contributed by atoms with Crippen LogP contribution < -0.4 is 4.74 Å². The molecule has 1 rings (SSSR count). The largest absolute Gasteiger partial charge is 0.490 e. The standard InChI is InChI=1S/C9H10FNO3/c1-7-2-3-8(11(12)13)6-9(7)14-5-4-10/h2-3,6H,4-5H2,1H3. The quantitative estimate of drug-likeness (QED) is 0.552. The summed E-state index contributed by atoms with van der Waals surface area (Å²) in [5.74, 6) is 0.358. The molecule has 14 heavy (non-hydrogen) atoms. The molecule has 0 amide bonds. The fraction of sp³-hybridized carbons (Fsp3) is 0.333. The topological polar surface area (TPSA) is 52.4 Å². The molecule has 0 bridgehead atoms. The smallest absolute Gasteiger partial charge is 0.273 e. The van der Waals surface area contributed by atoms with Crippen molar-refractivity contribution in [3.05, 3.63) is 33.9 Å². The van der Waals surface area contributed by atoms with E-state index in [1.54, 1.807) is 13.0 Å². The maximum absolute atomic E-state index is 11.8. The summed E-state index contributed by atoms with van der Waals surface area (Å²) in [7, 11) is 0. The average Bonchev–Trinajstić information content (AvgIpc) is 2.16. The van der Waals surface area contributed by atoms with Crippen molar-refractivity contribution in [2.75, 3.05) is 13.3 Å². The Kier molecular flexibility index (Phi) is 3.39. The molecule has 0 spiro atoms. The Hall–Kier alpha value is -1.65. The highest BCUT2D eigenvalue weighted by molar-refractivity contribution is 5.43. The number of nitrogens with zero attached hydrogens (tertiary/aromatic N) is 1. The molecule has 0 aliphatic heterocycles. The minimum Gasteiger partial charge on any atom is -0.490 e. The lowest BCUT2D eigenvalue weighted by molar-refractivity contribution is -0.384. The summed E-state index contributed by atoms with van der Waals surface area (Å²) in [6, 6.07) is 4.26. The molecule has 0 radical (unpaired) electrons. The van der Waals surface area contributed by atoms with Crippen LogP contribution in [-0.2, 0) is 0 Å². The second-order valence-corrected chi connectivity index (χ2v) is 2.74. The highest BCUT2D eigenvalue weighted by Gasteiger charge is 2.08. The van der Waals surface area contributed by atoms with Gasteiger partial charge in [-0.2, -0.15) is 0 Å². The molecule has 0 heterocycles. The maximum atomic E-state index is 11.8. The molecule has 0 saturated heterocycles. The third kappa shape index (κ3) is 2.42. The Balaban J connectivity index is 2.90. The summed E-state index contributed by atoms with van der Waals surface area (Å²) < 4.78 is 16.8. The van der Waals surface area contributed by atoms with Crippen LogP contribution in [0.3, 0.4) is 0 Å². The number of rotatable bonds is 4. The van der Waals surface area contributed by atoms with Crippen molar-refractivity contribution >= 4 is 5.69 Å². The van der Waals surface area contributed by atoms with Crippen LogP contribution >= 0.6 is 0 Å². The molecule has 0 aromatic heterocycles. The van der Waals surface area contributed by atoms with Crippen LogP contribution in [0.4, 0.5) is 10.1 Å². The third-order valence-electron chi connectivity index (χ3n) is 1.72. The summed E-state index contributed by atoms with van der Waals surface area (Å²) >= 11 is 0. The van der Waals surface area contributed by atoms with Gasteiger partial charge in [0.2, 0.25) is 0 Å². The predicted octanol–water partition coefficient (Wildman–Crippen LogP) is 2.25. The van der Waals surface area contributed by atoms with Crippen LogP contribution in [-0.4, -0.2) is 18.2 Å². The lowest BCUT2D eigenvalue weighted by Crippen LogP contribution is -2.00. The van der Waals surface area contributed by atoms with Gasteiger partial charge in [0.15, 0.2) is 0 Å². The van der Waals surface area contributed by atoms with Crippen molar-refractivity contribution in [2.45, 2.75) is 6.92 Å². The molecule has 0 atom stereocenters. The van der Waals surface area contributed by atoms with E-state index >= 15 is 0 Å². The van der Waals surface area contributed by atoms with E-state index < -0.39 is 11.6 Å². The fourth-order valence-corrected chi connectivity index (χ4v) is 1.01. The molecule has 76 valence electrons. The van der Waals surface area contributed by atoms with Crippen LogP contribution in [0.5, 0.6) is 5.75 Å². The number of halogens is 1. The zero-order valence-electron chi connectivity index (χ0n) is 7.70. The van der Waals surface area contributed by atoms with E-state index in [0.29, 0.717) is 5.75 Å². The highest BCUT2D eigenvalue weighted by atomic mass is 19.1. The van der Waals surface area contributed by atoms with Gasteiger partial charge in [-0.15, -0.1) is 0 Å². The number of nitro benzene ring substituents is 1. The summed E-state index contributed by atoms with van der Waals surface area (Å²) in [6.45, 7) is 1.06. The predicted molar refractivity (Wildman–Crippen MR) is 49.3 cm³/mol. The number of hydrogen-bond acceptors (Lipinski definition) is 3. The summed E-state index contributed by atoms with van der Waals surface area (Å²) in [4.78, 5) is 9.90. The lowest BCUT2D eigenvalue weighted by Gasteiger charge is -2.06. The minimum absolute atomic E-state index is 0.0514. The van der Waals surface area contributed by atoms with Crippen LogP contribution in [0.1, 0.15) is 5.56 Å². The molecule has 1 aromatic rings. The van der Waals surface area contributed by atoms with Gasteiger partial charge in [-0.25, -0.2) is 4.39 Å². The molecular weight excluding hydrogens is 189 g/mol. The molecule has 0 saturated carbocycles. The van der Waals surface area contributed by atoms with E-state index in [9.17, 15) is 14.5 Å². The van der Waals surface area contributed by atoms with E-state index in [1.165, 1.54) is 12.1 Å². The number of alkyl halides is 1. The molecular formula is C9H10FNO3. The fourth-order valence-electron chi connectivity index (χ4n) is 1.01. The molecule has 1 aromatic carbocycles. The molecule has 0 N–H and O–H groups in total.